The number of aliphatic hydroxyl groups excluding tert-OH is 1. The number of ether oxygens (including phenoxy) is 1. The van der Waals surface area contributed by atoms with Crippen LogP contribution in [0.3, 0.4) is 0 Å². The third-order valence-electron chi connectivity index (χ3n) is 5.21. The lowest BCUT2D eigenvalue weighted by Gasteiger charge is -2.29. The Labute approximate surface area is 104 Å². The van der Waals surface area contributed by atoms with Gasteiger partial charge < -0.3 is 20.1 Å². The molecular weight excluding hydrogens is 236 g/mol. The van der Waals surface area contributed by atoms with Crippen molar-refractivity contribution in [1.82, 2.24) is 10.2 Å². The van der Waals surface area contributed by atoms with Crippen LogP contribution in [0.15, 0.2) is 0 Å². The maximum atomic E-state index is 12.4. The molecule has 2 N–H and O–H groups in total. The molecule has 2 heterocycles. The van der Waals surface area contributed by atoms with Crippen molar-refractivity contribution in [3.8, 4) is 0 Å². The summed E-state index contributed by atoms with van der Waals surface area (Å²) in [4.78, 5) is 25.4. The molecule has 2 aliphatic carbocycles. The summed E-state index contributed by atoms with van der Waals surface area (Å²) in [5.41, 5.74) is 0. The first kappa shape index (κ1) is 10.8. The number of carbonyl (C=O) groups excluding carboxylic acids is 2. The number of amides is 2. The van der Waals surface area contributed by atoms with Gasteiger partial charge in [-0.15, -0.1) is 0 Å². The molecule has 0 aromatic rings. The average molecular weight is 252 g/mol. The Morgan fingerprint density at radius 3 is 3.06 bits per heavy atom. The van der Waals surface area contributed by atoms with Crippen molar-refractivity contribution in [3.05, 3.63) is 0 Å². The summed E-state index contributed by atoms with van der Waals surface area (Å²) >= 11 is 0. The topological polar surface area (TPSA) is 78.9 Å². The molecule has 7 unspecified atom stereocenters. The molecule has 2 saturated heterocycles. The maximum Gasteiger partial charge on any atom is 0.239 e. The quantitative estimate of drug-likeness (QED) is 0.630. The number of hydrogen-bond acceptors (Lipinski definition) is 4. The number of rotatable bonds is 2. The van der Waals surface area contributed by atoms with Crippen LogP contribution in [0.5, 0.6) is 0 Å². The van der Waals surface area contributed by atoms with E-state index in [1.807, 2.05) is 0 Å². The molecule has 0 spiro atoms. The van der Waals surface area contributed by atoms with Gasteiger partial charge in [0.25, 0.3) is 0 Å². The largest absolute Gasteiger partial charge is 0.390 e. The van der Waals surface area contributed by atoms with E-state index in [1.54, 1.807) is 11.9 Å². The summed E-state index contributed by atoms with van der Waals surface area (Å²) in [6, 6.07) is 0. The van der Waals surface area contributed by atoms with E-state index in [9.17, 15) is 14.7 Å². The minimum atomic E-state index is -0.493. The van der Waals surface area contributed by atoms with Crippen molar-refractivity contribution in [3.63, 3.8) is 0 Å². The van der Waals surface area contributed by atoms with Crippen molar-refractivity contribution >= 4 is 11.8 Å². The maximum absolute atomic E-state index is 12.4. The zero-order chi connectivity index (χ0) is 12.6. The molecule has 0 radical (unpaired) electrons. The van der Waals surface area contributed by atoms with E-state index >= 15 is 0 Å². The van der Waals surface area contributed by atoms with Crippen LogP contribution in [0.4, 0.5) is 0 Å². The van der Waals surface area contributed by atoms with Crippen molar-refractivity contribution in [2.45, 2.75) is 24.9 Å². The fourth-order valence-electron chi connectivity index (χ4n) is 4.54. The highest BCUT2D eigenvalue weighted by molar-refractivity contribution is 5.88. The second-order valence-electron chi connectivity index (χ2n) is 5.79. The molecule has 4 rings (SSSR count). The van der Waals surface area contributed by atoms with Crippen molar-refractivity contribution < 1.29 is 19.4 Å². The number of fused-ring (bicyclic) bond motifs is 2. The number of aliphatic hydroxyl groups is 1. The van der Waals surface area contributed by atoms with Crippen molar-refractivity contribution in [2.75, 3.05) is 13.6 Å². The molecule has 98 valence electrons. The molecular formula is C12H16N2O4. The molecule has 2 amide bonds. The van der Waals surface area contributed by atoms with Crippen molar-refractivity contribution in [2.24, 2.45) is 23.7 Å². The Morgan fingerprint density at radius 1 is 1.56 bits per heavy atom. The predicted molar refractivity (Wildman–Crippen MR) is 59.0 cm³/mol. The van der Waals surface area contributed by atoms with Crippen LogP contribution in [-0.2, 0) is 14.3 Å². The van der Waals surface area contributed by atoms with E-state index in [1.165, 1.54) is 0 Å². The third kappa shape index (κ3) is 1.02. The summed E-state index contributed by atoms with van der Waals surface area (Å²) in [7, 11) is 1.56. The minimum absolute atomic E-state index is 0.0155. The van der Waals surface area contributed by atoms with E-state index in [0.717, 1.165) is 6.42 Å². The van der Waals surface area contributed by atoms with Gasteiger partial charge in [0, 0.05) is 13.0 Å². The summed E-state index contributed by atoms with van der Waals surface area (Å²) in [5, 5.41) is 12.6. The van der Waals surface area contributed by atoms with Gasteiger partial charge in [0.2, 0.25) is 11.8 Å². The number of nitrogens with zero attached hydrogens (tertiary/aromatic N) is 1. The molecule has 4 aliphatic rings. The van der Waals surface area contributed by atoms with E-state index < -0.39 is 6.10 Å². The van der Waals surface area contributed by atoms with E-state index in [4.69, 9.17) is 4.74 Å². The number of carbonyl (C=O) groups is 2. The van der Waals surface area contributed by atoms with Gasteiger partial charge >= 0.3 is 0 Å². The highest BCUT2D eigenvalue weighted by atomic mass is 16.5. The Bertz CT molecular complexity index is 440. The highest BCUT2D eigenvalue weighted by Crippen LogP contribution is 2.63. The number of hydrogen-bond donors (Lipinski definition) is 2. The summed E-state index contributed by atoms with van der Waals surface area (Å²) in [5.74, 6) is 0.220. The summed E-state index contributed by atoms with van der Waals surface area (Å²) in [6.07, 6.45) is -0.0112. The molecule has 4 fully saturated rings. The Morgan fingerprint density at radius 2 is 2.33 bits per heavy atom. The fraction of sp³-hybridized carbons (Fsp3) is 0.833. The summed E-state index contributed by atoms with van der Waals surface area (Å²) in [6.45, 7) is 0.0647. The lowest BCUT2D eigenvalue weighted by molar-refractivity contribution is -0.154. The number of likely N-dealkylation sites (tertiary alicyclic amines) is 1. The molecule has 2 aliphatic heterocycles. The van der Waals surface area contributed by atoms with Crippen LogP contribution >= 0.6 is 0 Å². The number of likely N-dealkylation sites (N-methyl/N-ethyl adjacent to an activating group) is 1. The Balaban J connectivity index is 1.66. The lowest BCUT2D eigenvalue weighted by atomic mass is 9.80. The van der Waals surface area contributed by atoms with E-state index in [2.05, 4.69) is 5.32 Å². The lowest BCUT2D eigenvalue weighted by Crippen LogP contribution is -2.46. The predicted octanol–water partition coefficient (Wildman–Crippen LogP) is -1.46. The first-order valence-electron chi connectivity index (χ1n) is 6.48. The van der Waals surface area contributed by atoms with Crippen LogP contribution in [0.2, 0.25) is 0 Å². The first-order chi connectivity index (χ1) is 8.63. The second-order valence-corrected chi connectivity index (χ2v) is 5.79. The smallest absolute Gasteiger partial charge is 0.239 e. The minimum Gasteiger partial charge on any atom is -0.390 e. The molecule has 6 nitrogen and oxygen atoms in total. The van der Waals surface area contributed by atoms with Gasteiger partial charge in [0.05, 0.1) is 18.1 Å². The van der Waals surface area contributed by atoms with Crippen LogP contribution < -0.4 is 5.32 Å². The highest BCUT2D eigenvalue weighted by Gasteiger charge is 2.72. The molecule has 2 bridgehead atoms. The molecule has 0 aromatic heterocycles. The van der Waals surface area contributed by atoms with Crippen molar-refractivity contribution in [1.29, 1.82) is 0 Å². The van der Waals surface area contributed by atoms with E-state index in [-0.39, 0.29) is 48.4 Å². The van der Waals surface area contributed by atoms with E-state index in [0.29, 0.717) is 5.92 Å². The molecule has 2 saturated carbocycles. The summed E-state index contributed by atoms with van der Waals surface area (Å²) < 4.78 is 5.85. The monoisotopic (exact) mass is 252 g/mol. The second kappa shape index (κ2) is 3.24. The average Bonchev–Trinajstić information content (AvgIpc) is 3.01. The van der Waals surface area contributed by atoms with Crippen LogP contribution in [0.25, 0.3) is 0 Å². The fourth-order valence-corrected chi connectivity index (χ4v) is 4.54. The van der Waals surface area contributed by atoms with Gasteiger partial charge in [0.15, 0.2) is 0 Å². The van der Waals surface area contributed by atoms with Gasteiger partial charge in [-0.05, 0) is 18.3 Å². The molecule has 18 heavy (non-hydrogen) atoms. The van der Waals surface area contributed by atoms with Gasteiger partial charge in [-0.1, -0.05) is 0 Å². The third-order valence-corrected chi connectivity index (χ3v) is 5.21. The van der Waals surface area contributed by atoms with Gasteiger partial charge in [-0.25, -0.2) is 0 Å². The standard InChI is InChI=1S/C12H16N2O4/c1-13-6(15)3-14-11(17)7-4-2-5-8(7)12(14)18-10(5)9(4)16/h4-5,7-10,12,16H,2-3H2,1H3,(H,13,15). The van der Waals surface area contributed by atoms with Gasteiger partial charge in [0.1, 0.15) is 12.8 Å². The zero-order valence-electron chi connectivity index (χ0n) is 10.1. The molecule has 0 aromatic carbocycles. The van der Waals surface area contributed by atoms with Crippen LogP contribution in [0.1, 0.15) is 6.42 Å². The Kier molecular flexibility index (Phi) is 1.94. The first-order valence-corrected chi connectivity index (χ1v) is 6.48. The SMILES string of the molecule is CNC(=O)CN1C(=O)C2C3CC4C(OC1C42)C3O. The normalized spacial score (nSPS) is 51.3. The van der Waals surface area contributed by atoms with Gasteiger partial charge in [-0.3, -0.25) is 9.59 Å². The number of nitrogens with one attached hydrogen (secondary N) is 1. The molecule has 7 atom stereocenters. The zero-order valence-corrected chi connectivity index (χ0v) is 10.1. The Hall–Kier alpha value is -1.14. The van der Waals surface area contributed by atoms with Gasteiger partial charge in [-0.2, -0.15) is 0 Å². The van der Waals surface area contributed by atoms with Crippen LogP contribution in [0, 0.1) is 23.7 Å². The molecule has 6 heteroatoms. The van der Waals surface area contributed by atoms with Crippen LogP contribution in [-0.4, -0.2) is 53.8 Å².